The van der Waals surface area contributed by atoms with Crippen LogP contribution in [0.3, 0.4) is 0 Å². The second kappa shape index (κ2) is 6.78. The van der Waals surface area contributed by atoms with E-state index in [2.05, 4.69) is 29.0 Å². The Hall–Kier alpha value is -1.85. The molecule has 0 aliphatic heterocycles. The minimum absolute atomic E-state index is 0.0709. The summed E-state index contributed by atoms with van der Waals surface area (Å²) in [6.45, 7) is 5.87. The van der Waals surface area contributed by atoms with E-state index in [-0.39, 0.29) is 10.6 Å². The summed E-state index contributed by atoms with van der Waals surface area (Å²) in [5.41, 5.74) is 0.0709. The number of rotatable bonds is 7. The highest BCUT2D eigenvalue weighted by atomic mass is 16.6. The molecule has 0 fully saturated rings. The first-order valence-corrected chi connectivity index (χ1v) is 6.21. The van der Waals surface area contributed by atoms with Crippen LogP contribution in [0.2, 0.25) is 0 Å². The fraction of sp³-hybridized carbons (Fsp3) is 0.583. The minimum Gasteiger partial charge on any atom is -0.373 e. The van der Waals surface area contributed by atoms with E-state index in [1.165, 1.54) is 12.1 Å². The van der Waals surface area contributed by atoms with Crippen molar-refractivity contribution in [3.05, 3.63) is 22.2 Å². The van der Waals surface area contributed by atoms with E-state index >= 15 is 0 Å². The molecule has 100 valence electrons. The molecular formula is C12H20N4O2. The van der Waals surface area contributed by atoms with Crippen molar-refractivity contribution in [2.24, 2.45) is 0 Å². The molecule has 0 amide bonds. The second-order valence-corrected chi connectivity index (χ2v) is 4.06. The van der Waals surface area contributed by atoms with Crippen LogP contribution in [0.5, 0.6) is 0 Å². The van der Waals surface area contributed by atoms with Gasteiger partial charge in [0, 0.05) is 20.1 Å². The molecule has 0 aromatic carbocycles. The Kier molecular flexibility index (Phi) is 5.35. The number of anilines is 2. The lowest BCUT2D eigenvalue weighted by Gasteiger charge is -2.22. The molecule has 0 bridgehead atoms. The van der Waals surface area contributed by atoms with Crippen molar-refractivity contribution in [2.75, 3.05) is 30.4 Å². The van der Waals surface area contributed by atoms with Crippen molar-refractivity contribution in [3.8, 4) is 0 Å². The van der Waals surface area contributed by atoms with Crippen molar-refractivity contribution >= 4 is 17.3 Å². The summed E-state index contributed by atoms with van der Waals surface area (Å²) >= 11 is 0. The molecule has 6 nitrogen and oxygen atoms in total. The van der Waals surface area contributed by atoms with Gasteiger partial charge in [-0.05, 0) is 12.8 Å². The van der Waals surface area contributed by atoms with Crippen LogP contribution < -0.4 is 10.2 Å². The van der Waals surface area contributed by atoms with E-state index in [1.807, 2.05) is 0 Å². The Balaban J connectivity index is 3.11. The Morgan fingerprint density at radius 3 is 2.39 bits per heavy atom. The van der Waals surface area contributed by atoms with E-state index in [0.29, 0.717) is 11.6 Å². The Morgan fingerprint density at radius 2 is 1.94 bits per heavy atom. The molecular weight excluding hydrogens is 232 g/mol. The summed E-state index contributed by atoms with van der Waals surface area (Å²) in [6.07, 6.45) is 1.97. The topological polar surface area (TPSA) is 71.3 Å². The van der Waals surface area contributed by atoms with Crippen LogP contribution >= 0.6 is 0 Å². The van der Waals surface area contributed by atoms with Crippen molar-refractivity contribution in [3.63, 3.8) is 0 Å². The van der Waals surface area contributed by atoms with Gasteiger partial charge in [-0.25, -0.2) is 4.98 Å². The van der Waals surface area contributed by atoms with Gasteiger partial charge in [0.05, 0.1) is 17.1 Å². The third kappa shape index (κ3) is 3.58. The van der Waals surface area contributed by atoms with Crippen LogP contribution in [0.4, 0.5) is 17.3 Å². The summed E-state index contributed by atoms with van der Waals surface area (Å²) in [5.74, 6) is 1.19. The summed E-state index contributed by atoms with van der Waals surface area (Å²) < 4.78 is 0. The maximum absolute atomic E-state index is 10.9. The van der Waals surface area contributed by atoms with Crippen molar-refractivity contribution in [1.29, 1.82) is 0 Å². The van der Waals surface area contributed by atoms with Gasteiger partial charge >= 0.3 is 0 Å². The first-order chi connectivity index (χ1) is 8.62. The molecule has 0 aliphatic carbocycles. The normalized spacial score (nSPS) is 10.2. The monoisotopic (exact) mass is 252 g/mol. The van der Waals surface area contributed by atoms with Gasteiger partial charge in [-0.15, -0.1) is 0 Å². The predicted octanol–water partition coefficient (Wildman–Crippen LogP) is 2.66. The molecule has 6 heteroatoms. The van der Waals surface area contributed by atoms with Gasteiger partial charge < -0.3 is 10.2 Å². The van der Waals surface area contributed by atoms with Gasteiger partial charge in [0.2, 0.25) is 0 Å². The molecule has 0 aliphatic rings. The molecule has 0 saturated heterocycles. The van der Waals surface area contributed by atoms with Gasteiger partial charge in [-0.3, -0.25) is 10.1 Å². The van der Waals surface area contributed by atoms with Crippen LogP contribution in [0.25, 0.3) is 0 Å². The number of hydrogen-bond acceptors (Lipinski definition) is 5. The molecule has 1 heterocycles. The quantitative estimate of drug-likeness (QED) is 0.596. The smallest absolute Gasteiger partial charge is 0.276 e. The van der Waals surface area contributed by atoms with E-state index in [0.717, 1.165) is 25.9 Å². The standard InChI is InChI=1S/C12H20N4O2/c1-4-6-15(7-5-2)12-9-10(16(17)18)8-11(13-3)14-12/h8-9H,4-7H2,1-3H3,(H,13,14). The second-order valence-electron chi connectivity index (χ2n) is 4.06. The molecule has 1 N–H and O–H groups in total. The highest BCUT2D eigenvalue weighted by Gasteiger charge is 2.14. The Bertz CT molecular complexity index is 403. The maximum atomic E-state index is 10.9. The summed E-state index contributed by atoms with van der Waals surface area (Å²) in [6, 6.07) is 2.98. The third-order valence-corrected chi connectivity index (χ3v) is 2.57. The number of pyridine rings is 1. The van der Waals surface area contributed by atoms with Crippen LogP contribution in [0.15, 0.2) is 12.1 Å². The predicted molar refractivity (Wildman–Crippen MR) is 73.2 cm³/mol. The average Bonchev–Trinajstić information content (AvgIpc) is 2.37. The zero-order valence-corrected chi connectivity index (χ0v) is 11.1. The zero-order valence-electron chi connectivity index (χ0n) is 11.1. The van der Waals surface area contributed by atoms with Crippen LogP contribution in [-0.2, 0) is 0 Å². The van der Waals surface area contributed by atoms with E-state index in [9.17, 15) is 10.1 Å². The molecule has 0 unspecified atom stereocenters. The molecule has 1 rings (SSSR count). The van der Waals surface area contributed by atoms with Crippen LogP contribution in [0, 0.1) is 10.1 Å². The molecule has 18 heavy (non-hydrogen) atoms. The molecule has 1 aromatic heterocycles. The fourth-order valence-electron chi connectivity index (χ4n) is 1.78. The van der Waals surface area contributed by atoms with E-state index < -0.39 is 0 Å². The van der Waals surface area contributed by atoms with Gasteiger partial charge in [0.1, 0.15) is 11.6 Å². The highest BCUT2D eigenvalue weighted by molar-refractivity contribution is 5.55. The van der Waals surface area contributed by atoms with Crippen molar-refractivity contribution in [1.82, 2.24) is 4.98 Å². The molecule has 0 atom stereocenters. The van der Waals surface area contributed by atoms with Gasteiger partial charge in [-0.2, -0.15) is 0 Å². The largest absolute Gasteiger partial charge is 0.373 e. The lowest BCUT2D eigenvalue weighted by Crippen LogP contribution is -2.26. The summed E-state index contributed by atoms with van der Waals surface area (Å²) in [7, 11) is 1.71. The zero-order chi connectivity index (χ0) is 13.5. The number of hydrogen-bond donors (Lipinski definition) is 1. The Morgan fingerprint density at radius 1 is 1.33 bits per heavy atom. The molecule has 0 radical (unpaired) electrons. The molecule has 0 saturated carbocycles. The number of nitro groups is 1. The maximum Gasteiger partial charge on any atom is 0.276 e. The van der Waals surface area contributed by atoms with E-state index in [1.54, 1.807) is 7.05 Å². The van der Waals surface area contributed by atoms with Gasteiger partial charge in [0.25, 0.3) is 5.69 Å². The molecule has 0 spiro atoms. The van der Waals surface area contributed by atoms with Gasteiger partial charge in [-0.1, -0.05) is 13.8 Å². The van der Waals surface area contributed by atoms with Crippen molar-refractivity contribution < 1.29 is 4.92 Å². The SMILES string of the molecule is CCCN(CCC)c1cc([N+](=O)[O-])cc(NC)n1. The van der Waals surface area contributed by atoms with Gasteiger partial charge in [0.15, 0.2) is 0 Å². The fourth-order valence-corrected chi connectivity index (χ4v) is 1.78. The van der Waals surface area contributed by atoms with E-state index in [4.69, 9.17) is 0 Å². The number of nitrogens with one attached hydrogen (secondary N) is 1. The number of nitrogens with zero attached hydrogens (tertiary/aromatic N) is 3. The first-order valence-electron chi connectivity index (χ1n) is 6.21. The minimum atomic E-state index is -0.387. The highest BCUT2D eigenvalue weighted by Crippen LogP contribution is 2.23. The first kappa shape index (κ1) is 14.2. The third-order valence-electron chi connectivity index (χ3n) is 2.57. The molecule has 1 aromatic rings. The Labute approximate surface area is 107 Å². The summed E-state index contributed by atoms with van der Waals surface area (Å²) in [5, 5.41) is 13.8. The summed E-state index contributed by atoms with van der Waals surface area (Å²) in [4.78, 5) is 17.0. The van der Waals surface area contributed by atoms with Crippen LogP contribution in [0.1, 0.15) is 26.7 Å². The van der Waals surface area contributed by atoms with Crippen LogP contribution in [-0.4, -0.2) is 30.0 Å². The lowest BCUT2D eigenvalue weighted by molar-refractivity contribution is -0.384. The van der Waals surface area contributed by atoms with Crippen molar-refractivity contribution in [2.45, 2.75) is 26.7 Å². The average molecular weight is 252 g/mol. The number of aromatic nitrogens is 1. The lowest BCUT2D eigenvalue weighted by atomic mass is 10.3.